The molecule has 1 atom stereocenters. The fraction of sp³-hybridized carbons (Fsp3) is 0.375. The Morgan fingerprint density at radius 2 is 1.72 bits per heavy atom. The number of hydrogen-bond donors (Lipinski definition) is 1. The van der Waals surface area contributed by atoms with E-state index in [1.54, 1.807) is 0 Å². The Labute approximate surface area is 108 Å². The van der Waals surface area contributed by atoms with Crippen LogP contribution in [0, 0.1) is 0 Å². The minimum absolute atomic E-state index is 0.0544. The van der Waals surface area contributed by atoms with E-state index < -0.39 is 6.17 Å². The summed E-state index contributed by atoms with van der Waals surface area (Å²) in [6, 6.07) is 13.8. The lowest BCUT2D eigenvalue weighted by atomic mass is 10.0. The van der Waals surface area contributed by atoms with Crippen molar-refractivity contribution in [2.45, 2.75) is 32.5 Å². The Morgan fingerprint density at radius 1 is 1.06 bits per heavy atom. The zero-order valence-corrected chi connectivity index (χ0v) is 11.2. The quantitative estimate of drug-likeness (QED) is 0.853. The molecule has 0 aromatic heterocycles. The van der Waals surface area contributed by atoms with Crippen LogP contribution < -0.4 is 5.32 Å². The second-order valence-corrected chi connectivity index (χ2v) is 5.71. The van der Waals surface area contributed by atoms with Gasteiger partial charge in [-0.2, -0.15) is 0 Å². The van der Waals surface area contributed by atoms with Gasteiger partial charge in [-0.1, -0.05) is 36.4 Å². The maximum Gasteiger partial charge on any atom is 0.138 e. The largest absolute Gasteiger partial charge is 0.309 e. The third kappa shape index (κ3) is 3.30. The van der Waals surface area contributed by atoms with Crippen molar-refractivity contribution in [2.24, 2.45) is 0 Å². The molecule has 0 fully saturated rings. The second-order valence-electron chi connectivity index (χ2n) is 5.71. The van der Waals surface area contributed by atoms with E-state index in [9.17, 15) is 4.39 Å². The molecule has 18 heavy (non-hydrogen) atoms. The highest BCUT2D eigenvalue weighted by atomic mass is 19.1. The monoisotopic (exact) mass is 245 g/mol. The van der Waals surface area contributed by atoms with Gasteiger partial charge in [0.05, 0.1) is 0 Å². The highest BCUT2D eigenvalue weighted by Crippen LogP contribution is 2.22. The van der Waals surface area contributed by atoms with Gasteiger partial charge in [-0.25, -0.2) is 4.39 Å². The Hall–Kier alpha value is -1.41. The highest BCUT2D eigenvalue weighted by molar-refractivity contribution is 5.83. The van der Waals surface area contributed by atoms with E-state index >= 15 is 0 Å². The summed E-state index contributed by atoms with van der Waals surface area (Å²) in [7, 11) is 0. The third-order valence-electron chi connectivity index (χ3n) is 2.95. The minimum atomic E-state index is -0.964. The molecule has 0 aliphatic heterocycles. The molecule has 0 heterocycles. The lowest BCUT2D eigenvalue weighted by Crippen LogP contribution is -2.37. The first-order chi connectivity index (χ1) is 8.46. The average Bonchev–Trinajstić information content (AvgIpc) is 2.34. The normalized spacial score (nSPS) is 13.8. The number of fused-ring (bicyclic) bond motifs is 1. The van der Waals surface area contributed by atoms with Gasteiger partial charge in [0.2, 0.25) is 0 Å². The fourth-order valence-corrected chi connectivity index (χ4v) is 1.92. The van der Waals surface area contributed by atoms with Crippen LogP contribution in [0.4, 0.5) is 4.39 Å². The van der Waals surface area contributed by atoms with Crippen molar-refractivity contribution in [1.82, 2.24) is 5.32 Å². The number of halogens is 1. The topological polar surface area (TPSA) is 12.0 Å². The first-order valence-corrected chi connectivity index (χ1v) is 6.33. The summed E-state index contributed by atoms with van der Waals surface area (Å²) in [6.07, 6.45) is -0.964. The Morgan fingerprint density at radius 3 is 2.39 bits per heavy atom. The second kappa shape index (κ2) is 5.07. The summed E-state index contributed by atoms with van der Waals surface area (Å²) in [5.74, 6) is 0. The molecule has 0 saturated heterocycles. The molecule has 2 heteroatoms. The summed E-state index contributed by atoms with van der Waals surface area (Å²) >= 11 is 0. The molecule has 1 N–H and O–H groups in total. The molecule has 2 aromatic rings. The van der Waals surface area contributed by atoms with Crippen molar-refractivity contribution in [1.29, 1.82) is 0 Å². The number of alkyl halides is 1. The average molecular weight is 245 g/mol. The van der Waals surface area contributed by atoms with Crippen LogP contribution in [0.5, 0.6) is 0 Å². The van der Waals surface area contributed by atoms with Gasteiger partial charge in [-0.3, -0.25) is 0 Å². The van der Waals surface area contributed by atoms with Crippen LogP contribution in [0.15, 0.2) is 42.5 Å². The van der Waals surface area contributed by atoms with Crippen LogP contribution in [0.25, 0.3) is 10.8 Å². The van der Waals surface area contributed by atoms with Gasteiger partial charge >= 0.3 is 0 Å². The predicted octanol–water partition coefficient (Wildman–Crippen LogP) is 4.24. The van der Waals surface area contributed by atoms with Crippen LogP contribution >= 0.6 is 0 Å². The molecule has 96 valence electrons. The van der Waals surface area contributed by atoms with Crippen molar-refractivity contribution >= 4 is 10.8 Å². The van der Waals surface area contributed by atoms with Crippen LogP contribution in [-0.4, -0.2) is 12.1 Å². The molecular formula is C16H20FN. The zero-order valence-electron chi connectivity index (χ0n) is 11.2. The molecule has 0 spiro atoms. The number of nitrogens with one attached hydrogen (secondary N) is 1. The molecule has 2 aromatic carbocycles. The van der Waals surface area contributed by atoms with Gasteiger partial charge in [0.15, 0.2) is 0 Å². The van der Waals surface area contributed by atoms with Gasteiger partial charge < -0.3 is 5.32 Å². The van der Waals surface area contributed by atoms with E-state index in [1.807, 2.05) is 63.2 Å². The van der Waals surface area contributed by atoms with Gasteiger partial charge in [-0.15, -0.1) is 0 Å². The molecule has 1 unspecified atom stereocenters. The van der Waals surface area contributed by atoms with Crippen LogP contribution in [0.2, 0.25) is 0 Å². The van der Waals surface area contributed by atoms with Crippen molar-refractivity contribution in [3.8, 4) is 0 Å². The van der Waals surface area contributed by atoms with E-state index in [2.05, 4.69) is 5.32 Å². The molecule has 0 aliphatic carbocycles. The number of rotatable bonds is 3. The molecule has 0 saturated carbocycles. The maximum absolute atomic E-state index is 14.1. The standard InChI is InChI=1S/C16H20FN/c1-16(2,3)18-11-15(17)14-9-8-12-6-4-5-7-13(12)10-14/h4-10,15,18H,11H2,1-3H3. The van der Waals surface area contributed by atoms with Crippen molar-refractivity contribution in [2.75, 3.05) is 6.54 Å². The first kappa shape index (κ1) is 13.0. The van der Waals surface area contributed by atoms with Gasteiger partial charge in [-0.05, 0) is 43.2 Å². The summed E-state index contributed by atoms with van der Waals surface area (Å²) in [5, 5.41) is 5.43. The van der Waals surface area contributed by atoms with Crippen LogP contribution in [-0.2, 0) is 0 Å². The number of benzene rings is 2. The van der Waals surface area contributed by atoms with E-state index in [-0.39, 0.29) is 5.54 Å². The van der Waals surface area contributed by atoms with E-state index in [0.717, 1.165) is 16.3 Å². The first-order valence-electron chi connectivity index (χ1n) is 6.33. The van der Waals surface area contributed by atoms with E-state index in [4.69, 9.17) is 0 Å². The smallest absolute Gasteiger partial charge is 0.138 e. The Balaban J connectivity index is 2.15. The van der Waals surface area contributed by atoms with E-state index in [1.165, 1.54) is 0 Å². The maximum atomic E-state index is 14.1. The Bertz CT molecular complexity index is 528. The summed E-state index contributed by atoms with van der Waals surface area (Å²) < 4.78 is 14.1. The number of hydrogen-bond acceptors (Lipinski definition) is 1. The van der Waals surface area contributed by atoms with Crippen molar-refractivity contribution in [3.05, 3.63) is 48.0 Å². The molecule has 0 bridgehead atoms. The summed E-state index contributed by atoms with van der Waals surface area (Å²) in [5.41, 5.74) is 0.687. The summed E-state index contributed by atoms with van der Waals surface area (Å²) in [4.78, 5) is 0. The molecule has 0 radical (unpaired) electrons. The molecule has 0 amide bonds. The molecule has 2 rings (SSSR count). The third-order valence-corrected chi connectivity index (χ3v) is 2.95. The lowest BCUT2D eigenvalue weighted by molar-refractivity contribution is 0.292. The molecule has 0 aliphatic rings. The van der Waals surface area contributed by atoms with Crippen LogP contribution in [0.1, 0.15) is 32.5 Å². The van der Waals surface area contributed by atoms with E-state index in [0.29, 0.717) is 6.54 Å². The van der Waals surface area contributed by atoms with Crippen LogP contribution in [0.3, 0.4) is 0 Å². The van der Waals surface area contributed by atoms with Crippen molar-refractivity contribution in [3.63, 3.8) is 0 Å². The predicted molar refractivity (Wildman–Crippen MR) is 75.6 cm³/mol. The lowest BCUT2D eigenvalue weighted by Gasteiger charge is -2.22. The molecular weight excluding hydrogens is 225 g/mol. The SMILES string of the molecule is CC(C)(C)NCC(F)c1ccc2ccccc2c1. The fourth-order valence-electron chi connectivity index (χ4n) is 1.92. The summed E-state index contributed by atoms with van der Waals surface area (Å²) in [6.45, 7) is 6.47. The Kier molecular flexibility index (Phi) is 3.67. The minimum Gasteiger partial charge on any atom is -0.309 e. The van der Waals surface area contributed by atoms with Gasteiger partial charge in [0.1, 0.15) is 6.17 Å². The molecule has 1 nitrogen and oxygen atoms in total. The van der Waals surface area contributed by atoms with Gasteiger partial charge in [0, 0.05) is 12.1 Å². The van der Waals surface area contributed by atoms with Crippen molar-refractivity contribution < 1.29 is 4.39 Å². The highest BCUT2D eigenvalue weighted by Gasteiger charge is 2.15. The van der Waals surface area contributed by atoms with Gasteiger partial charge in [0.25, 0.3) is 0 Å². The zero-order chi connectivity index (χ0) is 13.2.